The van der Waals surface area contributed by atoms with E-state index in [9.17, 15) is 14.4 Å². The molecule has 0 fully saturated rings. The summed E-state index contributed by atoms with van der Waals surface area (Å²) >= 11 is 0. The van der Waals surface area contributed by atoms with E-state index in [0.29, 0.717) is 6.42 Å². The molecule has 2 atom stereocenters. The van der Waals surface area contributed by atoms with Crippen LogP contribution in [-0.4, -0.2) is 29.8 Å². The van der Waals surface area contributed by atoms with Gasteiger partial charge in [0, 0.05) is 6.92 Å². The summed E-state index contributed by atoms with van der Waals surface area (Å²) in [7, 11) is 0. The monoisotopic (exact) mass is 243 g/mol. The highest BCUT2D eigenvalue weighted by molar-refractivity contribution is 5.91. The molecule has 0 aliphatic heterocycles. The van der Waals surface area contributed by atoms with Crippen molar-refractivity contribution in [1.29, 1.82) is 0 Å². The number of amides is 3. The first-order valence-electron chi connectivity index (χ1n) is 5.66. The van der Waals surface area contributed by atoms with E-state index < -0.39 is 18.0 Å². The van der Waals surface area contributed by atoms with Crippen LogP contribution in [-0.2, 0) is 14.4 Å². The van der Waals surface area contributed by atoms with Crippen LogP contribution in [0, 0.1) is 5.92 Å². The Labute approximate surface area is 101 Å². The SMILES string of the molecule is CC[C@@H](NC(=O)[C@H](NC(C)=O)C(C)C)C(N)=O. The molecule has 0 aliphatic rings. The Kier molecular flexibility index (Phi) is 6.23. The number of hydrogen-bond acceptors (Lipinski definition) is 3. The van der Waals surface area contributed by atoms with E-state index in [1.807, 2.05) is 13.8 Å². The molecule has 6 heteroatoms. The molecule has 0 unspecified atom stereocenters. The molecule has 0 spiro atoms. The summed E-state index contributed by atoms with van der Waals surface area (Å²) in [5.41, 5.74) is 5.13. The van der Waals surface area contributed by atoms with Crippen molar-refractivity contribution >= 4 is 17.7 Å². The maximum Gasteiger partial charge on any atom is 0.243 e. The zero-order chi connectivity index (χ0) is 13.6. The van der Waals surface area contributed by atoms with Gasteiger partial charge >= 0.3 is 0 Å². The second-order valence-electron chi connectivity index (χ2n) is 4.29. The molecule has 0 heterocycles. The second kappa shape index (κ2) is 6.88. The Hall–Kier alpha value is -1.59. The van der Waals surface area contributed by atoms with Crippen LogP contribution in [0.4, 0.5) is 0 Å². The number of primary amides is 1. The molecule has 0 radical (unpaired) electrons. The molecule has 0 saturated carbocycles. The van der Waals surface area contributed by atoms with E-state index >= 15 is 0 Å². The van der Waals surface area contributed by atoms with Gasteiger partial charge in [0.15, 0.2) is 0 Å². The Morgan fingerprint density at radius 2 is 1.71 bits per heavy atom. The molecule has 4 N–H and O–H groups in total. The van der Waals surface area contributed by atoms with Gasteiger partial charge in [0.25, 0.3) is 0 Å². The summed E-state index contributed by atoms with van der Waals surface area (Å²) in [6, 6.07) is -1.35. The van der Waals surface area contributed by atoms with Crippen LogP contribution in [0.2, 0.25) is 0 Å². The van der Waals surface area contributed by atoms with Crippen molar-refractivity contribution < 1.29 is 14.4 Å². The van der Waals surface area contributed by atoms with E-state index in [1.54, 1.807) is 6.92 Å². The number of hydrogen-bond donors (Lipinski definition) is 3. The third-order valence-electron chi connectivity index (χ3n) is 2.38. The highest BCUT2D eigenvalue weighted by Gasteiger charge is 2.26. The Morgan fingerprint density at radius 3 is 2.00 bits per heavy atom. The Bertz CT molecular complexity index is 302. The van der Waals surface area contributed by atoms with E-state index in [2.05, 4.69) is 10.6 Å². The van der Waals surface area contributed by atoms with Gasteiger partial charge in [-0.15, -0.1) is 0 Å². The molecule has 0 aromatic rings. The molecule has 3 amide bonds. The van der Waals surface area contributed by atoms with Gasteiger partial charge < -0.3 is 16.4 Å². The lowest BCUT2D eigenvalue weighted by Gasteiger charge is -2.23. The molecule has 0 aliphatic carbocycles. The van der Waals surface area contributed by atoms with Crippen LogP contribution in [0.1, 0.15) is 34.1 Å². The number of nitrogens with two attached hydrogens (primary N) is 1. The lowest BCUT2D eigenvalue weighted by atomic mass is 10.0. The van der Waals surface area contributed by atoms with Crippen molar-refractivity contribution in [2.45, 2.75) is 46.2 Å². The van der Waals surface area contributed by atoms with Crippen LogP contribution in [0.3, 0.4) is 0 Å². The standard InChI is InChI=1S/C11H21N3O3/c1-5-8(10(12)16)14-11(17)9(6(2)3)13-7(4)15/h6,8-9H,5H2,1-4H3,(H2,12,16)(H,13,15)(H,14,17)/t8-,9-/m1/s1. The maximum atomic E-state index is 11.9. The average molecular weight is 243 g/mol. The molecular formula is C11H21N3O3. The van der Waals surface area contributed by atoms with Gasteiger partial charge in [0.05, 0.1) is 0 Å². The third kappa shape index (κ3) is 5.33. The topological polar surface area (TPSA) is 101 Å². The van der Waals surface area contributed by atoms with Crippen molar-refractivity contribution in [2.24, 2.45) is 11.7 Å². The number of carbonyl (C=O) groups is 3. The van der Waals surface area contributed by atoms with Crippen LogP contribution >= 0.6 is 0 Å². The van der Waals surface area contributed by atoms with E-state index in [-0.39, 0.29) is 17.7 Å². The molecule has 0 rings (SSSR count). The van der Waals surface area contributed by atoms with Gasteiger partial charge in [-0.2, -0.15) is 0 Å². The summed E-state index contributed by atoms with van der Waals surface area (Å²) in [5, 5.41) is 5.07. The van der Waals surface area contributed by atoms with E-state index in [4.69, 9.17) is 5.73 Å². The molecule has 0 bridgehead atoms. The molecule has 0 saturated heterocycles. The van der Waals surface area contributed by atoms with Crippen molar-refractivity contribution in [1.82, 2.24) is 10.6 Å². The van der Waals surface area contributed by atoms with Crippen molar-refractivity contribution in [3.63, 3.8) is 0 Å². The number of nitrogens with one attached hydrogen (secondary N) is 2. The molecule has 17 heavy (non-hydrogen) atoms. The smallest absolute Gasteiger partial charge is 0.243 e. The zero-order valence-electron chi connectivity index (χ0n) is 10.7. The summed E-state index contributed by atoms with van der Waals surface area (Å²) < 4.78 is 0. The maximum absolute atomic E-state index is 11.9. The molecule has 98 valence electrons. The van der Waals surface area contributed by atoms with Gasteiger partial charge in [0.2, 0.25) is 17.7 Å². The molecular weight excluding hydrogens is 222 g/mol. The fourth-order valence-electron chi connectivity index (χ4n) is 1.39. The first-order valence-corrected chi connectivity index (χ1v) is 5.66. The number of rotatable bonds is 6. The normalized spacial score (nSPS) is 13.9. The largest absolute Gasteiger partial charge is 0.368 e. The quantitative estimate of drug-likeness (QED) is 0.587. The molecule has 0 aromatic heterocycles. The summed E-state index contributed by atoms with van der Waals surface area (Å²) in [5.74, 6) is -1.32. The van der Waals surface area contributed by atoms with Gasteiger partial charge in [0.1, 0.15) is 12.1 Å². The van der Waals surface area contributed by atoms with Crippen LogP contribution in [0.5, 0.6) is 0 Å². The summed E-state index contributed by atoms with van der Waals surface area (Å²) in [6.45, 7) is 6.71. The minimum atomic E-state index is -0.697. The van der Waals surface area contributed by atoms with Gasteiger partial charge in [-0.25, -0.2) is 0 Å². The fraction of sp³-hybridized carbons (Fsp3) is 0.727. The predicted molar refractivity (Wildman–Crippen MR) is 63.9 cm³/mol. The predicted octanol–water partition coefficient (Wildman–Crippen LogP) is -0.473. The van der Waals surface area contributed by atoms with Crippen LogP contribution < -0.4 is 16.4 Å². The van der Waals surface area contributed by atoms with Crippen molar-refractivity contribution in [2.75, 3.05) is 0 Å². The van der Waals surface area contributed by atoms with E-state index in [1.165, 1.54) is 6.92 Å². The van der Waals surface area contributed by atoms with Gasteiger partial charge in [-0.3, -0.25) is 14.4 Å². The molecule has 6 nitrogen and oxygen atoms in total. The first-order chi connectivity index (χ1) is 7.79. The minimum absolute atomic E-state index is 0.0655. The first kappa shape index (κ1) is 15.4. The third-order valence-corrected chi connectivity index (χ3v) is 2.38. The minimum Gasteiger partial charge on any atom is -0.368 e. The molecule has 0 aromatic carbocycles. The summed E-state index contributed by atoms with van der Waals surface area (Å²) in [4.78, 5) is 33.8. The highest BCUT2D eigenvalue weighted by atomic mass is 16.2. The highest BCUT2D eigenvalue weighted by Crippen LogP contribution is 2.03. The lowest BCUT2D eigenvalue weighted by molar-refractivity contribution is -0.131. The van der Waals surface area contributed by atoms with Crippen LogP contribution in [0.25, 0.3) is 0 Å². The van der Waals surface area contributed by atoms with E-state index in [0.717, 1.165) is 0 Å². The van der Waals surface area contributed by atoms with Crippen molar-refractivity contribution in [3.05, 3.63) is 0 Å². The Balaban J connectivity index is 4.62. The summed E-state index contributed by atoms with van der Waals surface area (Å²) in [6.07, 6.45) is 0.423. The lowest BCUT2D eigenvalue weighted by Crippen LogP contribution is -2.54. The second-order valence-corrected chi connectivity index (χ2v) is 4.29. The van der Waals surface area contributed by atoms with Crippen LogP contribution in [0.15, 0.2) is 0 Å². The zero-order valence-corrected chi connectivity index (χ0v) is 10.7. The number of carbonyl (C=O) groups excluding carboxylic acids is 3. The fourth-order valence-corrected chi connectivity index (χ4v) is 1.39. The van der Waals surface area contributed by atoms with Gasteiger partial charge in [-0.1, -0.05) is 20.8 Å². The average Bonchev–Trinajstić information content (AvgIpc) is 2.20. The van der Waals surface area contributed by atoms with Gasteiger partial charge in [-0.05, 0) is 12.3 Å². The Morgan fingerprint density at radius 1 is 1.18 bits per heavy atom. The van der Waals surface area contributed by atoms with Crippen molar-refractivity contribution in [3.8, 4) is 0 Å².